The fraction of sp³-hybridized carbons (Fsp3) is 0.156. The fourth-order valence-corrected chi connectivity index (χ4v) is 4.89. The molecule has 0 radical (unpaired) electrons. The zero-order valence-corrected chi connectivity index (χ0v) is 21.5. The molecule has 1 amide bonds. The smallest absolute Gasteiger partial charge is 0.272 e. The van der Waals surface area contributed by atoms with Gasteiger partial charge in [-0.05, 0) is 23.8 Å². The first-order valence-electron chi connectivity index (χ1n) is 13.1. The molecular weight excluding hydrogens is 489 g/mol. The van der Waals surface area contributed by atoms with Gasteiger partial charge in [-0.15, -0.1) is 0 Å². The Morgan fingerprint density at radius 1 is 0.846 bits per heavy atom. The third-order valence-corrected chi connectivity index (χ3v) is 7.00. The summed E-state index contributed by atoms with van der Waals surface area (Å²) in [5.74, 6) is -0.533. The van der Waals surface area contributed by atoms with Crippen LogP contribution in [0.5, 0.6) is 0 Å². The SMILES string of the molecule is O=C(c1cc(-c2ccccc2F)n2nc(-c3ccccc3)cc2n1)N1CCN(C/C=C/c2ccccc2)CC1. The first-order valence-corrected chi connectivity index (χ1v) is 13.1. The first kappa shape index (κ1) is 24.7. The number of piperazine rings is 1. The molecule has 0 bridgehead atoms. The molecule has 0 atom stereocenters. The lowest BCUT2D eigenvalue weighted by atomic mass is 10.1. The van der Waals surface area contributed by atoms with Gasteiger partial charge in [0.2, 0.25) is 0 Å². The average molecular weight is 518 g/mol. The van der Waals surface area contributed by atoms with Crippen molar-refractivity contribution in [3.8, 4) is 22.5 Å². The van der Waals surface area contributed by atoms with Crippen molar-refractivity contribution in [2.24, 2.45) is 0 Å². The van der Waals surface area contributed by atoms with E-state index in [1.54, 1.807) is 28.8 Å². The Bertz CT molecular complexity index is 1620. The van der Waals surface area contributed by atoms with Crippen molar-refractivity contribution in [1.29, 1.82) is 0 Å². The summed E-state index contributed by atoms with van der Waals surface area (Å²) in [5, 5.41) is 4.72. The number of benzene rings is 3. The maximum atomic E-state index is 14.9. The first-order chi connectivity index (χ1) is 19.2. The van der Waals surface area contributed by atoms with Gasteiger partial charge in [0.05, 0.1) is 11.4 Å². The van der Waals surface area contributed by atoms with Gasteiger partial charge in [0.25, 0.3) is 5.91 Å². The van der Waals surface area contributed by atoms with E-state index >= 15 is 0 Å². The number of nitrogens with zero attached hydrogens (tertiary/aromatic N) is 5. The van der Waals surface area contributed by atoms with Crippen molar-refractivity contribution in [2.45, 2.75) is 0 Å². The standard InChI is InChI=1S/C32H28FN5O/c33-27-16-8-7-15-26(27)30-22-29(34-31-23-28(35-38(30)31)25-13-5-2-6-14-25)32(39)37-20-18-36(19-21-37)17-9-12-24-10-3-1-4-11-24/h1-16,22-23H,17-21H2/b12-9+. The molecule has 0 N–H and O–H groups in total. The maximum absolute atomic E-state index is 14.9. The molecule has 6 nitrogen and oxygen atoms in total. The monoisotopic (exact) mass is 517 g/mol. The summed E-state index contributed by atoms with van der Waals surface area (Å²) in [6.07, 6.45) is 4.28. The van der Waals surface area contributed by atoms with E-state index in [1.807, 2.05) is 59.5 Å². The van der Waals surface area contributed by atoms with Crippen LogP contribution < -0.4 is 0 Å². The second-order valence-corrected chi connectivity index (χ2v) is 9.58. The molecule has 1 aliphatic heterocycles. The minimum atomic E-state index is -0.377. The Morgan fingerprint density at radius 3 is 2.28 bits per heavy atom. The second kappa shape index (κ2) is 11.0. The van der Waals surface area contributed by atoms with Gasteiger partial charge in [0.15, 0.2) is 5.65 Å². The number of hydrogen-bond donors (Lipinski definition) is 0. The largest absolute Gasteiger partial charge is 0.335 e. The quantitative estimate of drug-likeness (QED) is 0.291. The summed E-state index contributed by atoms with van der Waals surface area (Å²) in [7, 11) is 0. The lowest BCUT2D eigenvalue weighted by Gasteiger charge is -2.34. The van der Waals surface area contributed by atoms with E-state index in [9.17, 15) is 9.18 Å². The van der Waals surface area contributed by atoms with Gasteiger partial charge in [-0.3, -0.25) is 9.69 Å². The summed E-state index contributed by atoms with van der Waals surface area (Å²) in [6, 6.07) is 30.0. The molecule has 5 aromatic rings. The molecule has 39 heavy (non-hydrogen) atoms. The molecule has 0 aliphatic carbocycles. The summed E-state index contributed by atoms with van der Waals surface area (Å²) in [6.45, 7) is 3.59. The summed E-state index contributed by atoms with van der Waals surface area (Å²) >= 11 is 0. The zero-order valence-electron chi connectivity index (χ0n) is 21.5. The van der Waals surface area contributed by atoms with Crippen LogP contribution in [0, 0.1) is 5.82 Å². The average Bonchev–Trinajstić information content (AvgIpc) is 3.43. The number of fused-ring (bicyclic) bond motifs is 1. The molecule has 2 aromatic heterocycles. The van der Waals surface area contributed by atoms with Gasteiger partial charge in [0.1, 0.15) is 11.5 Å². The van der Waals surface area contributed by atoms with E-state index in [1.165, 1.54) is 11.6 Å². The highest BCUT2D eigenvalue weighted by atomic mass is 19.1. The van der Waals surface area contributed by atoms with Gasteiger partial charge >= 0.3 is 0 Å². The van der Waals surface area contributed by atoms with Crippen molar-refractivity contribution in [2.75, 3.05) is 32.7 Å². The van der Waals surface area contributed by atoms with Crippen LogP contribution in [-0.2, 0) is 0 Å². The molecule has 1 saturated heterocycles. The molecule has 0 unspecified atom stereocenters. The molecular formula is C32H28FN5O. The highest BCUT2D eigenvalue weighted by Crippen LogP contribution is 2.27. The molecule has 194 valence electrons. The number of aromatic nitrogens is 3. The van der Waals surface area contributed by atoms with Crippen LogP contribution in [0.2, 0.25) is 0 Å². The van der Waals surface area contributed by atoms with Crippen LogP contribution in [0.1, 0.15) is 16.1 Å². The summed E-state index contributed by atoms with van der Waals surface area (Å²) < 4.78 is 16.5. The Labute approximate surface area is 226 Å². The summed E-state index contributed by atoms with van der Waals surface area (Å²) in [5.41, 5.74) is 4.47. The highest BCUT2D eigenvalue weighted by molar-refractivity contribution is 5.94. The molecule has 1 fully saturated rings. The Morgan fingerprint density at radius 2 is 1.54 bits per heavy atom. The van der Waals surface area contributed by atoms with Crippen molar-refractivity contribution in [3.05, 3.63) is 120 Å². The highest BCUT2D eigenvalue weighted by Gasteiger charge is 2.25. The number of hydrogen-bond acceptors (Lipinski definition) is 4. The lowest BCUT2D eigenvalue weighted by molar-refractivity contribution is 0.0644. The Balaban J connectivity index is 1.25. The van der Waals surface area contributed by atoms with E-state index in [0.29, 0.717) is 35.7 Å². The number of rotatable bonds is 6. The molecule has 3 heterocycles. The predicted octanol–water partition coefficient (Wildman–Crippen LogP) is 5.67. The van der Waals surface area contributed by atoms with Crippen molar-refractivity contribution in [1.82, 2.24) is 24.4 Å². The van der Waals surface area contributed by atoms with E-state index < -0.39 is 0 Å². The third-order valence-electron chi connectivity index (χ3n) is 7.00. The van der Waals surface area contributed by atoms with Crippen LogP contribution in [-0.4, -0.2) is 63.0 Å². The molecule has 0 spiro atoms. The van der Waals surface area contributed by atoms with E-state index in [-0.39, 0.29) is 17.4 Å². The maximum Gasteiger partial charge on any atom is 0.272 e. The Hall–Kier alpha value is -4.62. The minimum absolute atomic E-state index is 0.156. The second-order valence-electron chi connectivity index (χ2n) is 9.58. The fourth-order valence-electron chi connectivity index (χ4n) is 4.89. The number of halogens is 1. The minimum Gasteiger partial charge on any atom is -0.335 e. The van der Waals surface area contributed by atoms with Crippen molar-refractivity contribution in [3.63, 3.8) is 0 Å². The Kier molecular flexibility index (Phi) is 6.97. The topological polar surface area (TPSA) is 53.7 Å². The van der Waals surface area contributed by atoms with E-state index in [0.717, 1.165) is 25.2 Å². The number of carbonyl (C=O) groups is 1. The van der Waals surface area contributed by atoms with E-state index in [2.05, 4.69) is 34.2 Å². The summed E-state index contributed by atoms with van der Waals surface area (Å²) in [4.78, 5) is 22.4. The molecule has 7 heteroatoms. The van der Waals surface area contributed by atoms with Gasteiger partial charge in [-0.2, -0.15) is 5.10 Å². The number of carbonyl (C=O) groups excluding carboxylic acids is 1. The van der Waals surface area contributed by atoms with Gasteiger partial charge in [-0.25, -0.2) is 13.9 Å². The molecule has 3 aromatic carbocycles. The van der Waals surface area contributed by atoms with Gasteiger partial charge in [0, 0.05) is 49.9 Å². The van der Waals surface area contributed by atoms with E-state index in [4.69, 9.17) is 5.10 Å². The zero-order chi connectivity index (χ0) is 26.6. The normalized spacial score (nSPS) is 14.3. The van der Waals surface area contributed by atoms with Crippen LogP contribution in [0.4, 0.5) is 4.39 Å². The number of amides is 1. The predicted molar refractivity (Wildman–Crippen MR) is 152 cm³/mol. The van der Waals surface area contributed by atoms with Crippen LogP contribution in [0.3, 0.4) is 0 Å². The lowest BCUT2D eigenvalue weighted by Crippen LogP contribution is -2.48. The molecule has 1 aliphatic rings. The van der Waals surface area contributed by atoms with Crippen molar-refractivity contribution < 1.29 is 9.18 Å². The molecule has 6 rings (SSSR count). The van der Waals surface area contributed by atoms with Crippen LogP contribution >= 0.6 is 0 Å². The van der Waals surface area contributed by atoms with Crippen LogP contribution in [0.25, 0.3) is 34.2 Å². The van der Waals surface area contributed by atoms with Crippen molar-refractivity contribution >= 4 is 17.6 Å². The molecule has 0 saturated carbocycles. The van der Waals surface area contributed by atoms with Crippen LogP contribution in [0.15, 0.2) is 103 Å². The third kappa shape index (κ3) is 5.35. The van der Waals surface area contributed by atoms with Gasteiger partial charge < -0.3 is 4.90 Å². The van der Waals surface area contributed by atoms with Gasteiger partial charge in [-0.1, -0.05) is 84.9 Å².